The second kappa shape index (κ2) is 30.8. The highest BCUT2D eigenvalue weighted by Gasteiger charge is 2.36. The van der Waals surface area contributed by atoms with E-state index in [1.54, 1.807) is 0 Å². The average molecular weight is 1900 g/mol. The lowest BCUT2D eigenvalue weighted by Gasteiger charge is -2.16. The van der Waals surface area contributed by atoms with Gasteiger partial charge < -0.3 is 26.7 Å². The molecule has 6 heteroatoms. The van der Waals surface area contributed by atoms with Crippen LogP contribution in [0.3, 0.4) is 0 Å². The first kappa shape index (κ1) is 81.5. The molecule has 0 aliphatic carbocycles. The van der Waals surface area contributed by atoms with Crippen molar-refractivity contribution in [2.45, 2.75) is 0 Å². The highest BCUT2D eigenvalue weighted by Crippen LogP contribution is 2.59. The van der Waals surface area contributed by atoms with E-state index in [2.05, 4.69) is 536 Å². The predicted molar refractivity (Wildman–Crippen MR) is 634 cm³/mol. The van der Waals surface area contributed by atoms with Gasteiger partial charge in [0, 0.05) is 141 Å². The standard InChI is InChI=1S/C144H84N6/c1-7-30-85(31-8-1)86-56-60-89(61-57-86)101-81-117-107-46-21-25-54-123(107)147-139(117)119(83-101)135-131(93-36-13-4-14-37-93)144-136(132(143(135)147)94-38-15-5-16-39-94)120-84-102(82-118-108-47-22-26-55-124(108)148(144)140(118)120)90-62-58-87(59-63-90)95-40-27-41-96(76-95)88-64-70-104(71-65-88)146-122-53-24-20-45-106(122)114-78-98(67-73-126(114)146)100-69-75-128-116(80-100)110-49-29-51-112-134-129(91-32-9-2-10-33-91)141-133(130(92-34-11-3-12-35-92)142(134)150(128)138(110)112)111-50-28-48-109-115-79-99(68-74-127(115)149(141)137(109)111)97-66-72-125-113(77-97)105-44-19-23-52-121(105)145(125)103-42-17-6-18-43-103/h1-84H. The molecule has 0 amide bonds. The number of benzene rings is 24. The molecule has 0 radical (unpaired) electrons. The molecular formula is C144H84N6. The molecule has 150 heavy (non-hydrogen) atoms. The first-order valence-electron chi connectivity index (χ1n) is 52.1. The SMILES string of the molecule is c1ccc(-c2ccc(-c3cc4c5ccccc5n5c6c(-c7ccccc7)c7c8cc(-c9ccc(-c%10cccc(-c%11ccc(-n%12c%13ccccc%13c%13cc(-c%14ccc%15c(c%14)c%14cccc%16c%17c(-c%18ccccc%18)c%18c(c(-c%19ccccc%19)c%17n%15c%14%16)c%14cccc%15c%16cc(-c%17ccc%19c(c%17)c%17ccccc%17n%19-c%17ccccc%17)ccc%16n%18c%15%14)ccc%13%12)cc%11)c%10)cc9)cc9c%10ccccc%10n(c7c(-c7ccccc7)c6c(c3)c45)c98)cc2)cc1. The molecule has 0 atom stereocenters. The van der Waals surface area contributed by atoms with Crippen molar-refractivity contribution >= 4 is 196 Å². The van der Waals surface area contributed by atoms with Crippen LogP contribution in [0.15, 0.2) is 510 Å². The highest BCUT2D eigenvalue weighted by atomic mass is 15.0. The summed E-state index contributed by atoms with van der Waals surface area (Å²) < 4.78 is 15.4. The molecule has 24 aromatic carbocycles. The Kier molecular flexibility index (Phi) is 16.7. The smallest absolute Gasteiger partial charge is 0.0634 e. The summed E-state index contributed by atoms with van der Waals surface area (Å²) >= 11 is 0. The van der Waals surface area contributed by atoms with E-state index in [0.29, 0.717) is 0 Å². The Morgan fingerprint density at radius 2 is 0.307 bits per heavy atom. The number of nitrogens with zero attached hydrogens (tertiary/aromatic N) is 6. The van der Waals surface area contributed by atoms with Crippen LogP contribution in [0.2, 0.25) is 0 Å². The van der Waals surface area contributed by atoms with Crippen LogP contribution in [0.1, 0.15) is 0 Å². The fraction of sp³-hybridized carbons (Fsp3) is 0. The molecular weight excluding hydrogens is 1810 g/mol. The number of hydrogen-bond acceptors (Lipinski definition) is 0. The van der Waals surface area contributed by atoms with Crippen molar-refractivity contribution in [3.63, 3.8) is 0 Å². The summed E-state index contributed by atoms with van der Waals surface area (Å²) in [6, 6.07) is 192. The number of para-hydroxylation sites is 7. The Hall–Kier alpha value is -19.9. The molecule has 0 saturated heterocycles. The minimum Gasteiger partial charge on any atom is -0.309 e. The van der Waals surface area contributed by atoms with Crippen molar-refractivity contribution in [2.75, 3.05) is 0 Å². The molecule has 0 N–H and O–H groups in total. The summed E-state index contributed by atoms with van der Waals surface area (Å²) in [5.41, 5.74) is 47.9. The topological polar surface area (TPSA) is 27.5 Å². The van der Waals surface area contributed by atoms with E-state index >= 15 is 0 Å². The molecule has 0 spiro atoms. The lowest BCUT2D eigenvalue weighted by molar-refractivity contribution is 1.18. The zero-order valence-electron chi connectivity index (χ0n) is 81.2. The van der Waals surface area contributed by atoms with Gasteiger partial charge in [-0.15, -0.1) is 0 Å². The first-order valence-corrected chi connectivity index (χ1v) is 52.1. The average Bonchev–Trinajstić information content (AvgIpc) is 1.49. The summed E-state index contributed by atoms with van der Waals surface area (Å²) in [5, 5.41) is 24.8. The van der Waals surface area contributed by atoms with Crippen LogP contribution in [0.5, 0.6) is 0 Å². The van der Waals surface area contributed by atoms with Crippen LogP contribution in [0.4, 0.5) is 0 Å². The maximum Gasteiger partial charge on any atom is 0.0634 e. The van der Waals surface area contributed by atoms with E-state index in [4.69, 9.17) is 0 Å². The van der Waals surface area contributed by atoms with Gasteiger partial charge in [-0.05, 0) is 228 Å². The van der Waals surface area contributed by atoms with Gasteiger partial charge in [-0.2, -0.15) is 0 Å². The van der Waals surface area contributed by atoms with Crippen LogP contribution < -0.4 is 0 Å². The van der Waals surface area contributed by atoms with Crippen LogP contribution >= 0.6 is 0 Å². The first-order chi connectivity index (χ1) is 74.5. The summed E-state index contributed by atoms with van der Waals surface area (Å²) in [7, 11) is 0. The minimum atomic E-state index is 1.11. The van der Waals surface area contributed by atoms with Gasteiger partial charge in [0.15, 0.2) is 0 Å². The van der Waals surface area contributed by atoms with Crippen LogP contribution in [0.25, 0.3) is 330 Å². The monoisotopic (exact) mass is 1900 g/mol. The third-order valence-corrected chi connectivity index (χ3v) is 33.5. The Morgan fingerprint density at radius 3 is 0.680 bits per heavy atom. The van der Waals surface area contributed by atoms with Crippen molar-refractivity contribution < 1.29 is 0 Å². The van der Waals surface area contributed by atoms with Gasteiger partial charge in [0.2, 0.25) is 0 Å². The van der Waals surface area contributed by atoms with Crippen molar-refractivity contribution in [1.29, 1.82) is 0 Å². The highest BCUT2D eigenvalue weighted by molar-refractivity contribution is 6.41. The normalized spacial score (nSPS) is 12.4. The van der Waals surface area contributed by atoms with Gasteiger partial charge in [-0.25, -0.2) is 0 Å². The van der Waals surface area contributed by atoms with E-state index in [9.17, 15) is 0 Å². The third kappa shape index (κ3) is 11.3. The number of aromatic nitrogens is 6. The van der Waals surface area contributed by atoms with E-state index in [-0.39, 0.29) is 0 Å². The van der Waals surface area contributed by atoms with Crippen LogP contribution in [0, 0.1) is 0 Å². The zero-order chi connectivity index (χ0) is 97.5. The van der Waals surface area contributed by atoms with Crippen molar-refractivity contribution in [3.05, 3.63) is 510 Å². The van der Waals surface area contributed by atoms with Gasteiger partial charge in [0.05, 0.1) is 88.3 Å². The van der Waals surface area contributed by atoms with Crippen LogP contribution in [-0.2, 0) is 0 Å². The largest absolute Gasteiger partial charge is 0.309 e. The van der Waals surface area contributed by atoms with Crippen molar-refractivity contribution in [2.24, 2.45) is 0 Å². The molecule has 6 nitrogen and oxygen atoms in total. The molecule has 0 bridgehead atoms. The van der Waals surface area contributed by atoms with Gasteiger partial charge in [-0.3, -0.25) is 0 Å². The summed E-state index contributed by atoms with van der Waals surface area (Å²) in [4.78, 5) is 0. The summed E-state index contributed by atoms with van der Waals surface area (Å²) in [5.74, 6) is 0. The quantitative estimate of drug-likeness (QED) is 0.110. The lowest BCUT2D eigenvalue weighted by atomic mass is 9.88. The minimum absolute atomic E-state index is 1.11. The number of hydrogen-bond donors (Lipinski definition) is 0. The van der Waals surface area contributed by atoms with Crippen LogP contribution in [-0.4, -0.2) is 26.7 Å². The summed E-state index contributed by atoms with van der Waals surface area (Å²) in [6.45, 7) is 0. The van der Waals surface area contributed by atoms with E-state index < -0.39 is 0 Å². The zero-order valence-corrected chi connectivity index (χ0v) is 81.2. The second-order valence-corrected chi connectivity index (χ2v) is 41.1. The van der Waals surface area contributed by atoms with Gasteiger partial charge in [0.25, 0.3) is 0 Å². The third-order valence-electron chi connectivity index (χ3n) is 33.5. The van der Waals surface area contributed by atoms with Crippen molar-refractivity contribution in [3.8, 4) is 134 Å². The number of fused-ring (bicyclic) bond motifs is 30. The Labute approximate surface area is 859 Å². The molecule has 0 aliphatic rings. The fourth-order valence-corrected chi connectivity index (χ4v) is 27.1. The molecule has 34 rings (SSSR count). The molecule has 690 valence electrons. The van der Waals surface area contributed by atoms with Crippen molar-refractivity contribution in [1.82, 2.24) is 26.7 Å². The predicted octanol–water partition coefficient (Wildman–Crippen LogP) is 38.8. The van der Waals surface area contributed by atoms with E-state index in [1.165, 1.54) is 285 Å². The maximum atomic E-state index is 2.64. The second-order valence-electron chi connectivity index (χ2n) is 41.1. The molecule has 0 fully saturated rings. The van der Waals surface area contributed by atoms with E-state index in [0.717, 1.165) is 44.7 Å². The molecule has 10 aromatic heterocycles. The van der Waals surface area contributed by atoms with Gasteiger partial charge in [-0.1, -0.05) is 382 Å². The Bertz CT molecular complexity index is 11700. The molecule has 0 saturated carbocycles. The molecule has 0 aliphatic heterocycles. The van der Waals surface area contributed by atoms with Gasteiger partial charge in [0.1, 0.15) is 0 Å². The Morgan fingerprint density at radius 1 is 0.100 bits per heavy atom. The Balaban J connectivity index is 0.470. The molecule has 34 aromatic rings. The number of rotatable bonds is 13. The molecule has 10 heterocycles. The lowest BCUT2D eigenvalue weighted by Crippen LogP contribution is -1.94. The van der Waals surface area contributed by atoms with E-state index in [1.807, 2.05) is 0 Å². The van der Waals surface area contributed by atoms with Gasteiger partial charge >= 0.3 is 0 Å². The maximum absolute atomic E-state index is 2.64. The fourth-order valence-electron chi connectivity index (χ4n) is 27.1. The summed E-state index contributed by atoms with van der Waals surface area (Å²) in [6.07, 6.45) is 0. The molecule has 0 unspecified atom stereocenters.